The van der Waals surface area contributed by atoms with Crippen LogP contribution in [0.2, 0.25) is 0 Å². The molecule has 6 nitrogen and oxygen atoms in total. The molecule has 0 radical (unpaired) electrons. The fraction of sp³-hybridized carbons (Fsp3) is 0.0526. The van der Waals surface area contributed by atoms with Gasteiger partial charge in [0.1, 0.15) is 11.5 Å². The third-order valence-corrected chi connectivity index (χ3v) is 4.66. The number of nitrogens with one attached hydrogen (secondary N) is 2. The fourth-order valence-corrected chi connectivity index (χ4v) is 3.53. The largest absolute Gasteiger partial charge is 0.508 e. The minimum Gasteiger partial charge on any atom is -0.508 e. The molecular weight excluding hydrogens is 316 g/mol. The number of hydrogen-bond acceptors (Lipinski definition) is 5. The lowest BCUT2D eigenvalue weighted by Crippen LogP contribution is -2.11. The van der Waals surface area contributed by atoms with Crippen molar-refractivity contribution in [2.75, 3.05) is 5.32 Å². The Bertz CT molecular complexity index is 1120. The van der Waals surface area contributed by atoms with Crippen molar-refractivity contribution in [3.8, 4) is 22.6 Å². The van der Waals surface area contributed by atoms with Crippen molar-refractivity contribution in [2.45, 2.75) is 6.04 Å². The van der Waals surface area contributed by atoms with Gasteiger partial charge in [-0.25, -0.2) is 0 Å². The summed E-state index contributed by atoms with van der Waals surface area (Å²) in [5.41, 5.74) is 5.32. The zero-order chi connectivity index (χ0) is 17.0. The molecule has 1 aliphatic rings. The number of phenols is 2. The third-order valence-electron chi connectivity index (χ3n) is 4.66. The minimum absolute atomic E-state index is 0.0285. The molecule has 5 rings (SSSR count). The number of fused-ring (bicyclic) bond motifs is 2. The van der Waals surface area contributed by atoms with E-state index in [1.165, 1.54) is 6.07 Å². The summed E-state index contributed by atoms with van der Waals surface area (Å²) in [7, 11) is 0. The first-order valence-corrected chi connectivity index (χ1v) is 7.93. The summed E-state index contributed by atoms with van der Waals surface area (Å²) >= 11 is 0. The fourth-order valence-electron chi connectivity index (χ4n) is 3.53. The van der Waals surface area contributed by atoms with Crippen LogP contribution in [0.3, 0.4) is 0 Å². The number of aromatic nitrogens is 3. The summed E-state index contributed by atoms with van der Waals surface area (Å²) in [6.45, 7) is 0. The topological polar surface area (TPSA) is 94.1 Å². The highest BCUT2D eigenvalue weighted by atomic mass is 16.3. The lowest BCUT2D eigenvalue weighted by atomic mass is 9.97. The zero-order valence-corrected chi connectivity index (χ0v) is 13.1. The van der Waals surface area contributed by atoms with Gasteiger partial charge in [-0.05, 0) is 18.2 Å². The number of benzene rings is 2. The lowest BCUT2D eigenvalue weighted by Gasteiger charge is -2.20. The molecule has 2 aromatic carbocycles. The van der Waals surface area contributed by atoms with Crippen molar-refractivity contribution in [3.05, 3.63) is 66.0 Å². The molecule has 4 aromatic rings. The highest BCUT2D eigenvalue weighted by molar-refractivity contribution is 6.00. The molecule has 0 saturated carbocycles. The highest BCUT2D eigenvalue weighted by Crippen LogP contribution is 2.44. The van der Waals surface area contributed by atoms with Gasteiger partial charge in [0.05, 0.1) is 12.2 Å². The van der Waals surface area contributed by atoms with E-state index in [9.17, 15) is 10.2 Å². The van der Waals surface area contributed by atoms with Crippen LogP contribution in [0.5, 0.6) is 11.5 Å². The first-order valence-electron chi connectivity index (χ1n) is 7.93. The van der Waals surface area contributed by atoms with Crippen LogP contribution in [0.1, 0.15) is 17.2 Å². The first kappa shape index (κ1) is 13.9. The van der Waals surface area contributed by atoms with Crippen LogP contribution in [0.4, 0.5) is 5.69 Å². The van der Waals surface area contributed by atoms with Crippen molar-refractivity contribution in [1.29, 1.82) is 0 Å². The van der Waals surface area contributed by atoms with Gasteiger partial charge in [-0.1, -0.05) is 18.2 Å². The predicted octanol–water partition coefficient (Wildman–Crippen LogP) is 3.55. The van der Waals surface area contributed by atoms with Crippen LogP contribution >= 0.6 is 0 Å². The van der Waals surface area contributed by atoms with Crippen LogP contribution in [0, 0.1) is 0 Å². The van der Waals surface area contributed by atoms with Crippen LogP contribution < -0.4 is 5.32 Å². The van der Waals surface area contributed by atoms with E-state index < -0.39 is 0 Å². The first-order chi connectivity index (χ1) is 12.2. The quantitative estimate of drug-likeness (QED) is 0.428. The smallest absolute Gasteiger partial charge is 0.160 e. The summed E-state index contributed by atoms with van der Waals surface area (Å²) in [5, 5.41) is 32.8. The SMILES string of the molecule is Oc1ccc(C2Nc3ccccc3-c3cnnc4[nH]cc2c34)c(O)c1. The Kier molecular flexibility index (Phi) is 2.76. The number of H-pyrrole nitrogens is 1. The predicted molar refractivity (Wildman–Crippen MR) is 94.6 cm³/mol. The molecule has 4 N–H and O–H groups in total. The number of nitrogens with zero attached hydrogens (tertiary/aromatic N) is 2. The zero-order valence-electron chi connectivity index (χ0n) is 13.1. The number of aromatic hydroxyl groups is 2. The molecule has 0 fully saturated rings. The van der Waals surface area contributed by atoms with Gasteiger partial charge < -0.3 is 20.5 Å². The molecule has 1 unspecified atom stereocenters. The van der Waals surface area contributed by atoms with Crippen LogP contribution in [-0.4, -0.2) is 25.4 Å². The Hall–Kier alpha value is -3.54. The van der Waals surface area contributed by atoms with E-state index in [2.05, 4.69) is 20.5 Å². The summed E-state index contributed by atoms with van der Waals surface area (Å²) in [4.78, 5) is 3.16. The normalized spacial score (nSPS) is 15.4. The molecule has 3 heterocycles. The highest BCUT2D eigenvalue weighted by Gasteiger charge is 2.27. The number of phenolic OH excluding ortho intramolecular Hbond substituents is 2. The Morgan fingerprint density at radius 1 is 0.960 bits per heavy atom. The molecule has 1 atom stereocenters. The number of aromatic amines is 1. The van der Waals surface area contributed by atoms with Crippen molar-refractivity contribution < 1.29 is 10.2 Å². The van der Waals surface area contributed by atoms with E-state index >= 15 is 0 Å². The molecule has 0 amide bonds. The van der Waals surface area contributed by atoms with E-state index in [4.69, 9.17) is 0 Å². The minimum atomic E-state index is -0.291. The van der Waals surface area contributed by atoms with Gasteiger partial charge in [0.25, 0.3) is 0 Å². The van der Waals surface area contributed by atoms with Gasteiger partial charge in [-0.15, -0.1) is 5.10 Å². The van der Waals surface area contributed by atoms with Gasteiger partial charge in [0.2, 0.25) is 0 Å². The molecule has 1 aliphatic heterocycles. The standard InChI is InChI=1S/C19H14N4O2/c24-10-5-6-12(16(25)7-10)18-14-8-20-19-17(14)13(9-21-23-19)11-3-1-2-4-15(11)22-18/h1-9,18,22,24-25H,(H,20,23). The molecule has 0 aliphatic carbocycles. The summed E-state index contributed by atoms with van der Waals surface area (Å²) in [5.74, 6) is 0.0653. The summed E-state index contributed by atoms with van der Waals surface area (Å²) in [6, 6.07) is 12.3. The Morgan fingerprint density at radius 2 is 1.84 bits per heavy atom. The molecule has 122 valence electrons. The number of anilines is 1. The number of rotatable bonds is 1. The van der Waals surface area contributed by atoms with Crippen LogP contribution in [-0.2, 0) is 0 Å². The maximum absolute atomic E-state index is 10.4. The maximum Gasteiger partial charge on any atom is 0.160 e. The van der Waals surface area contributed by atoms with E-state index in [0.29, 0.717) is 11.2 Å². The second-order valence-corrected chi connectivity index (χ2v) is 6.09. The number of para-hydroxylation sites is 1. The Labute approximate surface area is 142 Å². The van der Waals surface area contributed by atoms with Crippen LogP contribution in [0.25, 0.3) is 22.2 Å². The average Bonchev–Trinajstić information content (AvgIpc) is 2.98. The molecule has 25 heavy (non-hydrogen) atoms. The Balaban J connectivity index is 1.85. The molecule has 6 heteroatoms. The molecular formula is C19H14N4O2. The van der Waals surface area contributed by atoms with Crippen molar-refractivity contribution in [2.24, 2.45) is 0 Å². The van der Waals surface area contributed by atoms with Crippen molar-refractivity contribution in [3.63, 3.8) is 0 Å². The van der Waals surface area contributed by atoms with Gasteiger partial charge >= 0.3 is 0 Å². The van der Waals surface area contributed by atoms with Gasteiger partial charge in [-0.2, -0.15) is 5.10 Å². The van der Waals surface area contributed by atoms with E-state index in [1.807, 2.05) is 30.5 Å². The lowest BCUT2D eigenvalue weighted by molar-refractivity contribution is 0.445. The monoisotopic (exact) mass is 330 g/mol. The molecule has 0 bridgehead atoms. The summed E-state index contributed by atoms with van der Waals surface area (Å²) in [6.07, 6.45) is 3.65. The second-order valence-electron chi connectivity index (χ2n) is 6.09. The average molecular weight is 330 g/mol. The molecule has 2 aromatic heterocycles. The molecule has 0 saturated heterocycles. The summed E-state index contributed by atoms with van der Waals surface area (Å²) < 4.78 is 0. The van der Waals surface area contributed by atoms with Gasteiger partial charge in [0, 0.05) is 45.6 Å². The van der Waals surface area contributed by atoms with Gasteiger partial charge in [-0.3, -0.25) is 0 Å². The van der Waals surface area contributed by atoms with E-state index in [0.717, 1.165) is 27.8 Å². The Morgan fingerprint density at radius 3 is 2.72 bits per heavy atom. The van der Waals surface area contributed by atoms with E-state index in [1.54, 1.807) is 18.3 Å². The second kappa shape index (κ2) is 4.98. The van der Waals surface area contributed by atoms with Crippen LogP contribution in [0.15, 0.2) is 54.9 Å². The van der Waals surface area contributed by atoms with Crippen molar-refractivity contribution >= 4 is 16.7 Å². The van der Waals surface area contributed by atoms with Gasteiger partial charge in [0.15, 0.2) is 5.65 Å². The number of hydrogen-bond donors (Lipinski definition) is 4. The third kappa shape index (κ3) is 1.97. The maximum atomic E-state index is 10.4. The molecule has 0 spiro atoms. The van der Waals surface area contributed by atoms with Crippen molar-refractivity contribution in [1.82, 2.24) is 15.2 Å². The van der Waals surface area contributed by atoms with E-state index in [-0.39, 0.29) is 17.5 Å².